The summed E-state index contributed by atoms with van der Waals surface area (Å²) in [5, 5.41) is 2.96. The molecular weight excluding hydrogens is 204 g/mol. The van der Waals surface area contributed by atoms with Crippen LogP contribution in [0.3, 0.4) is 0 Å². The number of imide groups is 1. The van der Waals surface area contributed by atoms with Crippen LogP contribution >= 0.6 is 0 Å². The number of hydrogen-bond acceptors (Lipinski definition) is 3. The van der Waals surface area contributed by atoms with Crippen LogP contribution < -0.4 is 5.32 Å². The molecule has 0 aromatic heterocycles. The third kappa shape index (κ3) is 3.30. The molecule has 0 radical (unpaired) electrons. The summed E-state index contributed by atoms with van der Waals surface area (Å²) in [7, 11) is 0. The van der Waals surface area contributed by atoms with Gasteiger partial charge in [0.15, 0.2) is 0 Å². The van der Waals surface area contributed by atoms with E-state index in [1.54, 1.807) is 0 Å². The van der Waals surface area contributed by atoms with Gasteiger partial charge in [-0.05, 0) is 12.8 Å². The molecule has 1 aliphatic rings. The Balaban J connectivity index is 2.42. The third-order valence-electron chi connectivity index (χ3n) is 3.01. The van der Waals surface area contributed by atoms with Crippen molar-refractivity contribution < 1.29 is 9.59 Å². The summed E-state index contributed by atoms with van der Waals surface area (Å²) in [6, 6.07) is -0.163. The summed E-state index contributed by atoms with van der Waals surface area (Å²) in [4.78, 5) is 24.9. The zero-order valence-corrected chi connectivity index (χ0v) is 10.3. The van der Waals surface area contributed by atoms with E-state index in [4.69, 9.17) is 0 Å². The molecule has 4 heteroatoms. The minimum Gasteiger partial charge on any atom is -0.297 e. The van der Waals surface area contributed by atoms with Gasteiger partial charge in [0.1, 0.15) is 0 Å². The fourth-order valence-corrected chi connectivity index (χ4v) is 1.95. The smallest absolute Gasteiger partial charge is 0.246 e. The molecule has 0 aromatic rings. The van der Waals surface area contributed by atoms with E-state index in [2.05, 4.69) is 12.2 Å². The number of carbonyl (C=O) groups excluding carboxylic acids is 2. The Morgan fingerprint density at radius 3 is 2.62 bits per heavy atom. The van der Waals surface area contributed by atoms with Crippen molar-refractivity contribution in [2.45, 2.75) is 52.0 Å². The van der Waals surface area contributed by atoms with Crippen molar-refractivity contribution in [2.75, 3.05) is 13.1 Å². The standard InChI is InChI=1S/C12H22N2O2/c1-3-5-6-7-8-14-11(15)9-13-10(4-2)12(14)16/h10,13H,3-9H2,1-2H3. The highest BCUT2D eigenvalue weighted by atomic mass is 16.2. The largest absolute Gasteiger partial charge is 0.297 e. The Labute approximate surface area is 97.4 Å². The molecule has 1 rings (SSSR count). The van der Waals surface area contributed by atoms with Gasteiger partial charge in [-0.25, -0.2) is 0 Å². The predicted molar refractivity (Wildman–Crippen MR) is 62.9 cm³/mol. The van der Waals surface area contributed by atoms with Crippen LogP contribution in [0.2, 0.25) is 0 Å². The van der Waals surface area contributed by atoms with Crippen molar-refractivity contribution in [3.63, 3.8) is 0 Å². The lowest BCUT2D eigenvalue weighted by Gasteiger charge is -2.31. The Morgan fingerprint density at radius 1 is 1.25 bits per heavy atom. The van der Waals surface area contributed by atoms with Crippen molar-refractivity contribution in [2.24, 2.45) is 0 Å². The normalized spacial score (nSPS) is 21.6. The van der Waals surface area contributed by atoms with E-state index in [-0.39, 0.29) is 17.9 Å². The highest BCUT2D eigenvalue weighted by Gasteiger charge is 2.31. The Morgan fingerprint density at radius 2 is 2.00 bits per heavy atom. The van der Waals surface area contributed by atoms with Gasteiger partial charge in [-0.2, -0.15) is 0 Å². The molecular formula is C12H22N2O2. The average molecular weight is 226 g/mol. The predicted octanol–water partition coefficient (Wildman–Crippen LogP) is 1.30. The topological polar surface area (TPSA) is 49.4 Å². The summed E-state index contributed by atoms with van der Waals surface area (Å²) >= 11 is 0. The number of nitrogens with one attached hydrogen (secondary N) is 1. The molecule has 92 valence electrons. The number of hydrogen-bond donors (Lipinski definition) is 1. The van der Waals surface area contributed by atoms with Crippen molar-refractivity contribution >= 4 is 11.8 Å². The van der Waals surface area contributed by atoms with Crippen LogP contribution in [0.15, 0.2) is 0 Å². The molecule has 0 saturated carbocycles. The molecule has 4 nitrogen and oxygen atoms in total. The summed E-state index contributed by atoms with van der Waals surface area (Å²) in [5.41, 5.74) is 0. The van der Waals surface area contributed by atoms with Gasteiger partial charge >= 0.3 is 0 Å². The average Bonchev–Trinajstić information content (AvgIpc) is 2.28. The monoisotopic (exact) mass is 226 g/mol. The second kappa shape index (κ2) is 6.63. The molecule has 1 unspecified atom stereocenters. The number of rotatable bonds is 6. The van der Waals surface area contributed by atoms with Gasteiger partial charge in [-0.3, -0.25) is 19.8 Å². The van der Waals surface area contributed by atoms with Crippen molar-refractivity contribution in [3.05, 3.63) is 0 Å². The zero-order valence-electron chi connectivity index (χ0n) is 10.3. The number of unbranched alkanes of at least 4 members (excludes halogenated alkanes) is 3. The minimum absolute atomic E-state index is 0.0461. The molecule has 0 aliphatic carbocycles. The quantitative estimate of drug-likeness (QED) is 0.548. The Kier molecular flexibility index (Phi) is 5.46. The third-order valence-corrected chi connectivity index (χ3v) is 3.01. The highest BCUT2D eigenvalue weighted by Crippen LogP contribution is 2.08. The first-order valence-electron chi connectivity index (χ1n) is 6.28. The van der Waals surface area contributed by atoms with Crippen LogP contribution in [-0.2, 0) is 9.59 Å². The van der Waals surface area contributed by atoms with Crippen molar-refractivity contribution in [1.29, 1.82) is 0 Å². The first kappa shape index (κ1) is 13.2. The molecule has 1 atom stereocenters. The lowest BCUT2D eigenvalue weighted by Crippen LogP contribution is -2.57. The van der Waals surface area contributed by atoms with E-state index < -0.39 is 0 Å². The summed E-state index contributed by atoms with van der Waals surface area (Å²) in [5.74, 6) is -0.124. The van der Waals surface area contributed by atoms with Crippen molar-refractivity contribution in [1.82, 2.24) is 10.2 Å². The number of nitrogens with zero attached hydrogens (tertiary/aromatic N) is 1. The maximum atomic E-state index is 11.9. The molecule has 1 heterocycles. The Hall–Kier alpha value is -0.900. The number of piperazine rings is 1. The molecule has 2 amide bonds. The van der Waals surface area contributed by atoms with Crippen LogP contribution in [0.1, 0.15) is 46.0 Å². The van der Waals surface area contributed by atoms with Crippen LogP contribution in [0.4, 0.5) is 0 Å². The van der Waals surface area contributed by atoms with Gasteiger partial charge in [0.05, 0.1) is 12.6 Å². The lowest BCUT2D eigenvalue weighted by molar-refractivity contribution is -0.149. The van der Waals surface area contributed by atoms with E-state index in [0.29, 0.717) is 13.1 Å². The number of carbonyl (C=O) groups is 2. The van der Waals surface area contributed by atoms with Crippen LogP contribution in [0, 0.1) is 0 Å². The van der Waals surface area contributed by atoms with Gasteiger partial charge in [-0.15, -0.1) is 0 Å². The van der Waals surface area contributed by atoms with E-state index in [1.165, 1.54) is 17.7 Å². The minimum atomic E-state index is -0.163. The maximum absolute atomic E-state index is 11.9. The van der Waals surface area contributed by atoms with E-state index in [0.717, 1.165) is 19.3 Å². The maximum Gasteiger partial charge on any atom is 0.246 e. The SMILES string of the molecule is CCCCCCN1C(=O)CNC(CC)C1=O. The fourth-order valence-electron chi connectivity index (χ4n) is 1.95. The molecule has 1 fully saturated rings. The molecule has 1 saturated heterocycles. The Bertz CT molecular complexity index is 253. The molecule has 0 aromatic carbocycles. The fraction of sp³-hybridized carbons (Fsp3) is 0.833. The van der Waals surface area contributed by atoms with Gasteiger partial charge in [-0.1, -0.05) is 33.1 Å². The molecule has 1 aliphatic heterocycles. The highest BCUT2D eigenvalue weighted by molar-refractivity contribution is 6.01. The van der Waals surface area contributed by atoms with E-state index >= 15 is 0 Å². The second-order valence-corrected chi connectivity index (χ2v) is 4.29. The van der Waals surface area contributed by atoms with Gasteiger partial charge in [0.25, 0.3) is 0 Å². The zero-order chi connectivity index (χ0) is 12.0. The molecule has 16 heavy (non-hydrogen) atoms. The van der Waals surface area contributed by atoms with Gasteiger partial charge in [0, 0.05) is 6.54 Å². The summed E-state index contributed by atoms with van der Waals surface area (Å²) in [6.07, 6.45) is 5.11. The first-order chi connectivity index (χ1) is 7.70. The lowest BCUT2D eigenvalue weighted by atomic mass is 10.1. The van der Waals surface area contributed by atoms with E-state index in [1.807, 2.05) is 6.92 Å². The molecule has 1 N–H and O–H groups in total. The van der Waals surface area contributed by atoms with Gasteiger partial charge in [0.2, 0.25) is 11.8 Å². The molecule has 0 bridgehead atoms. The first-order valence-corrected chi connectivity index (χ1v) is 6.28. The second-order valence-electron chi connectivity index (χ2n) is 4.29. The van der Waals surface area contributed by atoms with Crippen LogP contribution in [0.5, 0.6) is 0 Å². The van der Waals surface area contributed by atoms with Crippen molar-refractivity contribution in [3.8, 4) is 0 Å². The van der Waals surface area contributed by atoms with E-state index in [9.17, 15) is 9.59 Å². The number of amides is 2. The van der Waals surface area contributed by atoms with Gasteiger partial charge < -0.3 is 0 Å². The summed E-state index contributed by atoms with van der Waals surface area (Å²) in [6.45, 7) is 5.00. The molecule has 0 spiro atoms. The van der Waals surface area contributed by atoms with Crippen LogP contribution in [-0.4, -0.2) is 35.8 Å². The van der Waals surface area contributed by atoms with Crippen LogP contribution in [0.25, 0.3) is 0 Å². The summed E-state index contributed by atoms with van der Waals surface area (Å²) < 4.78 is 0.